The van der Waals surface area contributed by atoms with Crippen LogP contribution in [0.5, 0.6) is 5.75 Å². The highest BCUT2D eigenvalue weighted by Crippen LogP contribution is 2.31. The van der Waals surface area contributed by atoms with Gasteiger partial charge in [-0.05, 0) is 18.6 Å². The zero-order valence-corrected chi connectivity index (χ0v) is 14.2. The summed E-state index contributed by atoms with van der Waals surface area (Å²) >= 11 is 0. The summed E-state index contributed by atoms with van der Waals surface area (Å²) in [6.07, 6.45) is -3.78. The van der Waals surface area contributed by atoms with Crippen molar-refractivity contribution in [2.24, 2.45) is 0 Å². The minimum atomic E-state index is -4.25. The summed E-state index contributed by atoms with van der Waals surface area (Å²) in [5.41, 5.74) is 0.533. The normalized spacial score (nSPS) is 19.0. The van der Waals surface area contributed by atoms with E-state index in [0.717, 1.165) is 0 Å². The third-order valence-electron chi connectivity index (χ3n) is 4.45. The first kappa shape index (κ1) is 18.5. The van der Waals surface area contributed by atoms with E-state index in [2.05, 4.69) is 0 Å². The van der Waals surface area contributed by atoms with Crippen LogP contribution in [0.2, 0.25) is 0 Å². The number of hydrogen-bond acceptors (Lipinski definition) is 4. The van der Waals surface area contributed by atoms with Crippen molar-refractivity contribution in [1.29, 1.82) is 0 Å². The number of fused-ring (bicyclic) bond motifs is 1. The van der Waals surface area contributed by atoms with Gasteiger partial charge in [0.05, 0.1) is 12.2 Å². The first-order chi connectivity index (χ1) is 12.3. The molecule has 1 fully saturated rings. The molecule has 1 aromatic carbocycles. The molecular formula is C17H20F3N3O3. The molecule has 0 N–H and O–H groups in total. The average molecular weight is 371 g/mol. The Morgan fingerprint density at radius 2 is 1.88 bits per heavy atom. The van der Waals surface area contributed by atoms with Crippen LogP contribution in [0.3, 0.4) is 0 Å². The molecule has 0 bridgehead atoms. The van der Waals surface area contributed by atoms with Crippen LogP contribution in [0.15, 0.2) is 24.3 Å². The van der Waals surface area contributed by atoms with E-state index in [9.17, 15) is 22.8 Å². The maximum Gasteiger partial charge on any atom is 0.401 e. The van der Waals surface area contributed by atoms with Gasteiger partial charge in [0.2, 0.25) is 5.91 Å². The van der Waals surface area contributed by atoms with Crippen LogP contribution in [0, 0.1) is 0 Å². The molecule has 2 heterocycles. The highest BCUT2D eigenvalue weighted by Gasteiger charge is 2.33. The summed E-state index contributed by atoms with van der Waals surface area (Å²) in [6.45, 7) is -0.184. The number of benzene rings is 1. The number of rotatable bonds is 3. The van der Waals surface area contributed by atoms with E-state index < -0.39 is 12.7 Å². The molecule has 9 heteroatoms. The molecule has 0 aliphatic carbocycles. The van der Waals surface area contributed by atoms with Gasteiger partial charge in [-0.2, -0.15) is 13.2 Å². The Kier molecular flexibility index (Phi) is 5.36. The zero-order chi connectivity index (χ0) is 18.7. The monoisotopic (exact) mass is 371 g/mol. The molecule has 0 radical (unpaired) electrons. The standard InChI is InChI=1S/C17H20F3N3O3/c18-17(19,20)12-21-6-3-7-22(9-8-21)15(24)10-23-13-4-1-2-5-14(13)26-11-16(23)25/h1-2,4-5H,3,6-12H2. The number of anilines is 1. The zero-order valence-electron chi connectivity index (χ0n) is 14.2. The smallest absolute Gasteiger partial charge is 0.401 e. The lowest BCUT2D eigenvalue weighted by Gasteiger charge is -2.31. The fourth-order valence-corrected chi connectivity index (χ4v) is 3.19. The van der Waals surface area contributed by atoms with Crippen molar-refractivity contribution < 1.29 is 27.5 Å². The molecule has 6 nitrogen and oxygen atoms in total. The topological polar surface area (TPSA) is 53.1 Å². The number of carbonyl (C=O) groups is 2. The molecule has 0 unspecified atom stereocenters. The number of nitrogens with zero attached hydrogens (tertiary/aromatic N) is 3. The molecule has 0 aromatic heterocycles. The van der Waals surface area contributed by atoms with Crippen molar-refractivity contribution in [1.82, 2.24) is 9.80 Å². The summed E-state index contributed by atoms with van der Waals surface area (Å²) in [4.78, 5) is 29.0. The molecule has 2 aliphatic heterocycles. The van der Waals surface area contributed by atoms with E-state index in [4.69, 9.17) is 4.74 Å². The SMILES string of the molecule is O=C(CN1C(=O)COc2ccccc21)N1CCCN(CC(F)(F)F)CC1. The highest BCUT2D eigenvalue weighted by atomic mass is 19.4. The second-order valence-electron chi connectivity index (χ2n) is 6.36. The third kappa shape index (κ3) is 4.46. The average Bonchev–Trinajstić information content (AvgIpc) is 2.81. The van der Waals surface area contributed by atoms with Crippen molar-refractivity contribution in [2.45, 2.75) is 12.6 Å². The minimum Gasteiger partial charge on any atom is -0.482 e. The van der Waals surface area contributed by atoms with E-state index in [1.807, 2.05) is 0 Å². The van der Waals surface area contributed by atoms with Gasteiger partial charge in [-0.3, -0.25) is 19.4 Å². The van der Waals surface area contributed by atoms with Gasteiger partial charge in [-0.25, -0.2) is 0 Å². The van der Waals surface area contributed by atoms with E-state index in [1.54, 1.807) is 24.3 Å². The summed E-state index contributed by atoms with van der Waals surface area (Å²) in [7, 11) is 0. The highest BCUT2D eigenvalue weighted by molar-refractivity contribution is 6.02. The third-order valence-corrected chi connectivity index (χ3v) is 4.45. The first-order valence-electron chi connectivity index (χ1n) is 8.42. The molecular weight excluding hydrogens is 351 g/mol. The fraction of sp³-hybridized carbons (Fsp3) is 0.529. The van der Waals surface area contributed by atoms with Gasteiger partial charge >= 0.3 is 6.18 Å². The van der Waals surface area contributed by atoms with E-state index in [1.165, 1.54) is 14.7 Å². The Hall–Kier alpha value is -2.29. The van der Waals surface area contributed by atoms with E-state index >= 15 is 0 Å². The largest absolute Gasteiger partial charge is 0.482 e. The molecule has 0 spiro atoms. The van der Waals surface area contributed by atoms with Crippen molar-refractivity contribution in [2.75, 3.05) is 50.8 Å². The number of hydrogen-bond donors (Lipinski definition) is 0. The number of halogens is 3. The molecule has 3 rings (SSSR count). The molecule has 0 saturated carbocycles. The maximum atomic E-state index is 12.6. The summed E-state index contributed by atoms with van der Waals surface area (Å²) in [5.74, 6) is -0.0541. The number of ether oxygens (including phenoxy) is 1. The summed E-state index contributed by atoms with van der Waals surface area (Å²) in [6, 6.07) is 6.95. The molecule has 1 aromatic rings. The van der Waals surface area contributed by atoms with Crippen LogP contribution in [-0.4, -0.2) is 73.7 Å². The van der Waals surface area contributed by atoms with Gasteiger partial charge in [0.1, 0.15) is 12.3 Å². The van der Waals surface area contributed by atoms with E-state index in [0.29, 0.717) is 30.9 Å². The predicted molar refractivity (Wildman–Crippen MR) is 88.0 cm³/mol. The lowest BCUT2D eigenvalue weighted by Crippen LogP contribution is -2.47. The lowest BCUT2D eigenvalue weighted by molar-refractivity contribution is -0.145. The molecule has 2 aliphatic rings. The van der Waals surface area contributed by atoms with Crippen LogP contribution in [0.4, 0.5) is 18.9 Å². The van der Waals surface area contributed by atoms with Crippen molar-refractivity contribution in [3.63, 3.8) is 0 Å². The van der Waals surface area contributed by atoms with Crippen LogP contribution in [0.1, 0.15) is 6.42 Å². The van der Waals surface area contributed by atoms with Gasteiger partial charge in [-0.15, -0.1) is 0 Å². The molecule has 2 amide bonds. The summed E-state index contributed by atoms with van der Waals surface area (Å²) < 4.78 is 43.0. The minimum absolute atomic E-state index is 0.135. The van der Waals surface area contributed by atoms with E-state index in [-0.39, 0.29) is 38.1 Å². The lowest BCUT2D eigenvalue weighted by atomic mass is 10.2. The Morgan fingerprint density at radius 3 is 2.65 bits per heavy atom. The van der Waals surface area contributed by atoms with Gasteiger partial charge in [-0.1, -0.05) is 12.1 Å². The Bertz CT molecular complexity index is 681. The Labute approximate surface area is 149 Å². The van der Waals surface area contributed by atoms with Gasteiger partial charge in [0.15, 0.2) is 6.61 Å². The molecule has 26 heavy (non-hydrogen) atoms. The van der Waals surface area contributed by atoms with Crippen molar-refractivity contribution >= 4 is 17.5 Å². The molecule has 1 saturated heterocycles. The number of para-hydroxylation sites is 2. The van der Waals surface area contributed by atoms with Gasteiger partial charge in [0, 0.05) is 26.2 Å². The predicted octanol–water partition coefficient (Wildman–Crippen LogP) is 1.51. The second-order valence-corrected chi connectivity index (χ2v) is 6.36. The van der Waals surface area contributed by atoms with Crippen molar-refractivity contribution in [3.8, 4) is 5.75 Å². The number of alkyl halides is 3. The van der Waals surface area contributed by atoms with Crippen LogP contribution in [-0.2, 0) is 9.59 Å². The Balaban J connectivity index is 1.63. The van der Waals surface area contributed by atoms with Crippen LogP contribution >= 0.6 is 0 Å². The Morgan fingerprint density at radius 1 is 1.12 bits per heavy atom. The summed E-state index contributed by atoms with van der Waals surface area (Å²) in [5, 5.41) is 0. The number of carbonyl (C=O) groups excluding carboxylic acids is 2. The van der Waals surface area contributed by atoms with Gasteiger partial charge in [0.25, 0.3) is 5.91 Å². The van der Waals surface area contributed by atoms with Crippen molar-refractivity contribution in [3.05, 3.63) is 24.3 Å². The first-order valence-corrected chi connectivity index (χ1v) is 8.42. The molecule has 142 valence electrons. The quantitative estimate of drug-likeness (QED) is 0.808. The van der Waals surface area contributed by atoms with Crippen LogP contribution < -0.4 is 9.64 Å². The fourth-order valence-electron chi connectivity index (χ4n) is 3.19. The maximum absolute atomic E-state index is 12.6. The second kappa shape index (κ2) is 7.53. The number of amides is 2. The molecule has 0 atom stereocenters. The van der Waals surface area contributed by atoms with Crippen LogP contribution in [0.25, 0.3) is 0 Å². The van der Waals surface area contributed by atoms with Gasteiger partial charge < -0.3 is 9.64 Å².